The predicted octanol–water partition coefficient (Wildman–Crippen LogP) is 17.3. The number of aromatic hydroxyl groups is 2. The Morgan fingerprint density at radius 1 is 0.415 bits per heavy atom. The number of aryl methyl sites for hydroxylation is 2. The van der Waals surface area contributed by atoms with Crippen LogP contribution in [-0.2, 0) is 14.1 Å². The molecule has 0 bridgehead atoms. The Morgan fingerprint density at radius 3 is 1.22 bits per heavy atom. The summed E-state index contributed by atoms with van der Waals surface area (Å²) in [4.78, 5) is 24.4. The minimum absolute atomic E-state index is 0.0396. The summed E-state index contributed by atoms with van der Waals surface area (Å²) in [5.41, 5.74) is 8.49. The molecule has 0 atom stereocenters. The van der Waals surface area contributed by atoms with E-state index in [1.165, 1.54) is 34.0 Å². The summed E-state index contributed by atoms with van der Waals surface area (Å²) >= 11 is 19.2. The number of para-hydroxylation sites is 1. The van der Waals surface area contributed by atoms with Crippen LogP contribution in [0.2, 0.25) is 10.0 Å². The summed E-state index contributed by atoms with van der Waals surface area (Å²) in [6, 6.07) is 28.0. The van der Waals surface area contributed by atoms with Gasteiger partial charge in [-0.05, 0) is 239 Å². The van der Waals surface area contributed by atoms with E-state index in [9.17, 15) is 15.0 Å². The molecule has 0 radical (unpaired) electrons. The molecule has 4 aliphatic heterocycles. The van der Waals surface area contributed by atoms with Gasteiger partial charge in [-0.1, -0.05) is 92.8 Å². The molecule has 4 aromatic carbocycles. The predicted molar refractivity (Wildman–Crippen MR) is 485 cm³/mol. The van der Waals surface area contributed by atoms with E-state index in [0.717, 1.165) is 121 Å². The van der Waals surface area contributed by atoms with Crippen LogP contribution in [0.3, 0.4) is 0 Å². The molecule has 0 spiro atoms. The Labute approximate surface area is 718 Å². The lowest BCUT2D eigenvalue weighted by molar-refractivity contribution is 0.160. The molecule has 12 heterocycles. The number of anilines is 4. The molecule has 4 fully saturated rings. The fraction of sp³-hybridized carbons (Fsp3) is 0.488. The molecule has 7 N–H and O–H groups in total. The number of nitrogens with zero attached hydrogens (tertiary/aromatic N) is 18. The summed E-state index contributed by atoms with van der Waals surface area (Å²) in [6.07, 6.45) is 19.3. The quantitative estimate of drug-likeness (QED) is 0.0502. The van der Waals surface area contributed by atoms with Crippen LogP contribution in [0, 0.1) is 0 Å². The van der Waals surface area contributed by atoms with Crippen molar-refractivity contribution in [2.24, 2.45) is 14.1 Å². The summed E-state index contributed by atoms with van der Waals surface area (Å²) in [6.45, 7) is 36.0. The highest BCUT2D eigenvalue weighted by Gasteiger charge is 2.44. The number of nitrogens with one attached hydrogen (secondary N) is 5. The number of hydrogen-bond acceptors (Lipinski definition) is 26. The monoisotopic (exact) mass is 1710 g/mol. The SMILES string of the molecule is CN(c1nnc(-c2c(O)cc(-c3cnn(C)c3)cc2Cl)s1)C1CC(C)(C)NC(C)(C)C1.CN(c1nnc(-c2cc(-n3cccn3)ccc2O)s1)C1CC(C)(C)NC(C)(C)C1.CN(c1nnc(-c2cc3ccccc3[nH]c2=O)s1)C1CC(C)(C)NC(C)(C)C1.CN(c1nnc(-c2ccc(-c3cnn(C)c3)cc2Cl)s1)C1CC(C)(C)NC(C)(C)C1. The fourth-order valence-electron chi connectivity index (χ4n) is 18.2. The van der Waals surface area contributed by atoms with Gasteiger partial charge in [0.2, 0.25) is 20.5 Å². The van der Waals surface area contributed by atoms with Crippen LogP contribution in [0.5, 0.6) is 11.5 Å². The smallest absolute Gasteiger partial charge is 0.258 e. The number of fused-ring (bicyclic) bond motifs is 1. The van der Waals surface area contributed by atoms with Crippen molar-refractivity contribution >= 4 is 100.0 Å². The first-order chi connectivity index (χ1) is 55.2. The third-order valence-electron chi connectivity index (χ3n) is 22.3. The number of aromatic amines is 1. The van der Waals surface area contributed by atoms with Crippen molar-refractivity contribution in [3.05, 3.63) is 143 Å². The largest absolute Gasteiger partial charge is 0.507 e. The van der Waals surface area contributed by atoms with Crippen LogP contribution in [0.1, 0.15) is 162 Å². The zero-order chi connectivity index (χ0) is 85.1. The van der Waals surface area contributed by atoms with E-state index < -0.39 is 0 Å². The van der Waals surface area contributed by atoms with Crippen molar-refractivity contribution in [3.8, 4) is 81.7 Å². The molecular weight excluding hydrogens is 1600 g/mol. The average molecular weight is 1720 g/mol. The van der Waals surface area contributed by atoms with Crippen molar-refractivity contribution in [2.75, 3.05) is 47.8 Å². The van der Waals surface area contributed by atoms with Gasteiger partial charge in [-0.25, -0.2) is 4.68 Å². The first kappa shape index (κ1) is 87.0. The number of phenols is 2. The molecule has 0 unspecified atom stereocenters. The maximum atomic E-state index is 12.5. The third kappa shape index (κ3) is 20.8. The third-order valence-corrected chi connectivity index (χ3v) is 27.0. The van der Waals surface area contributed by atoms with E-state index in [1.54, 1.807) is 49.9 Å². The molecule has 0 saturated carbocycles. The molecule has 26 nitrogen and oxygen atoms in total. The molecule has 8 aromatic heterocycles. The van der Waals surface area contributed by atoms with Crippen LogP contribution in [0.15, 0.2) is 127 Å². The number of aromatic nitrogens is 15. The number of hydrogen-bond donors (Lipinski definition) is 7. The number of piperidine rings is 4. The van der Waals surface area contributed by atoms with Crippen LogP contribution < -0.4 is 46.4 Å². The van der Waals surface area contributed by atoms with Gasteiger partial charge in [0.05, 0.1) is 44.8 Å². The van der Waals surface area contributed by atoms with Gasteiger partial charge >= 0.3 is 0 Å². The van der Waals surface area contributed by atoms with Crippen molar-refractivity contribution in [1.29, 1.82) is 0 Å². The Hall–Kier alpha value is -8.82. The van der Waals surface area contributed by atoms with E-state index in [4.69, 9.17) is 23.2 Å². The Morgan fingerprint density at radius 2 is 0.814 bits per heavy atom. The van der Waals surface area contributed by atoms with Gasteiger partial charge in [0, 0.05) is 158 Å². The van der Waals surface area contributed by atoms with Gasteiger partial charge in [0.25, 0.3) is 5.56 Å². The minimum Gasteiger partial charge on any atom is -0.507 e. The van der Waals surface area contributed by atoms with Crippen molar-refractivity contribution in [3.63, 3.8) is 0 Å². The number of benzene rings is 4. The molecule has 118 heavy (non-hydrogen) atoms. The minimum atomic E-state index is -0.131. The van der Waals surface area contributed by atoms with E-state index >= 15 is 0 Å². The van der Waals surface area contributed by atoms with Gasteiger partial charge in [-0.2, -0.15) is 15.3 Å². The molecule has 32 heteroatoms. The molecule has 0 amide bonds. The highest BCUT2D eigenvalue weighted by Crippen LogP contribution is 2.46. The lowest BCUT2D eigenvalue weighted by Crippen LogP contribution is -2.61. The molecule has 628 valence electrons. The topological polar surface area (TPSA) is 291 Å². The molecule has 12 aromatic rings. The molecule has 0 aliphatic carbocycles. The second-order valence-corrected chi connectivity index (χ2v) is 42.1. The highest BCUT2D eigenvalue weighted by molar-refractivity contribution is 7.19. The summed E-state index contributed by atoms with van der Waals surface area (Å²) < 4.78 is 5.26. The summed E-state index contributed by atoms with van der Waals surface area (Å²) in [7, 11) is 12.1. The van der Waals surface area contributed by atoms with Crippen molar-refractivity contribution in [1.82, 2.24) is 96.4 Å². The first-order valence-corrected chi connectivity index (χ1v) is 44.0. The molecule has 16 rings (SSSR count). The van der Waals surface area contributed by atoms with Gasteiger partial charge < -0.3 is 56.1 Å². The van der Waals surface area contributed by atoms with Gasteiger partial charge in [0.15, 0.2) is 20.0 Å². The molecule has 4 saturated heterocycles. The van der Waals surface area contributed by atoms with E-state index in [1.807, 2.05) is 106 Å². The lowest BCUT2D eigenvalue weighted by atomic mass is 9.79. The van der Waals surface area contributed by atoms with Crippen LogP contribution in [0.25, 0.3) is 81.1 Å². The van der Waals surface area contributed by atoms with E-state index in [0.29, 0.717) is 65.9 Å². The molecule has 4 aliphatic rings. The lowest BCUT2D eigenvalue weighted by Gasteiger charge is -2.48. The number of rotatable bonds is 15. The zero-order valence-electron chi connectivity index (χ0n) is 71.8. The van der Waals surface area contributed by atoms with Crippen molar-refractivity contribution < 1.29 is 10.2 Å². The maximum absolute atomic E-state index is 12.5. The number of halogens is 2. The number of phenolic OH excluding ortho intramolecular Hbond substituents is 2. The second kappa shape index (κ2) is 33.6. The van der Waals surface area contributed by atoms with Gasteiger partial charge in [0.1, 0.15) is 11.5 Å². The summed E-state index contributed by atoms with van der Waals surface area (Å²) in [5.74, 6) is 0.274. The van der Waals surface area contributed by atoms with Gasteiger partial charge in [-0.15, -0.1) is 40.8 Å². The van der Waals surface area contributed by atoms with E-state index in [-0.39, 0.29) is 61.4 Å². The molecular formula is C86H113Cl2N23O3S4. The number of pyridine rings is 1. The van der Waals surface area contributed by atoms with E-state index in [2.05, 4.69) is 247 Å². The highest BCUT2D eigenvalue weighted by atomic mass is 35.5. The standard InChI is InChI=1S/C22H29ClN6OS.C22H29ClN6S.C21H28N6OS.C21H27N5OS/c1-21(2)9-15(10-22(3,4)27-21)29(6)20-26-25-19(31-20)18-16(23)7-13(8-17(18)30)14-11-24-28(5)12-14;1-21(2)10-16(11-22(3,4)27-21)29(6)20-26-25-19(30-20)17-8-7-14(9-18(17)23)15-12-24-28(5)13-15;1-20(2)12-15(13-21(3,4)25-20)26(5)19-24-23-18(29-19)16-11-14(7-8-17(16)28)27-10-6-9-22-27;1-20(2)11-14(12-21(3,4)25-20)26(5)19-24-23-18(28-19)15-10-13-8-6-7-9-16(13)22-17(15)27/h7-8,11-12,15,27,30H,9-10H2,1-6H3;7-9,12-13,16,27H,10-11H2,1-6H3;6-11,15,25,28H,12-13H2,1-5H3;6-10,14,25H,11-12H2,1-5H3,(H,22,27). The fourth-order valence-corrected chi connectivity index (χ4v) is 22.5. The average Bonchev–Trinajstić information content (AvgIpc) is 1.57. The van der Waals surface area contributed by atoms with Crippen molar-refractivity contribution in [2.45, 2.75) is 231 Å². The maximum Gasteiger partial charge on any atom is 0.258 e. The normalized spacial score (nSPS) is 18.6. The Bertz CT molecular complexity index is 5490. The van der Waals surface area contributed by atoms with Gasteiger partial charge in [-0.3, -0.25) is 14.2 Å². The summed E-state index contributed by atoms with van der Waals surface area (Å²) in [5, 5.41) is 92.4. The van der Waals surface area contributed by atoms with Crippen LogP contribution >= 0.6 is 68.5 Å². The first-order valence-electron chi connectivity index (χ1n) is 39.9. The number of H-pyrrole nitrogens is 1. The zero-order valence-corrected chi connectivity index (χ0v) is 76.5. The second-order valence-electron chi connectivity index (χ2n) is 37.4. The van der Waals surface area contributed by atoms with Crippen LogP contribution in [0.4, 0.5) is 20.5 Å². The Kier molecular flexibility index (Phi) is 24.8. The van der Waals surface area contributed by atoms with Crippen LogP contribution in [-0.4, -0.2) is 182 Å². The Balaban J connectivity index is 0.000000136.